The molecule has 1 aromatic rings. The molecule has 0 aliphatic rings. The minimum Gasteiger partial charge on any atom is -0.481 e. The number of sulfonamides is 1. The number of nitrogens with one attached hydrogen (secondary N) is 1. The van der Waals surface area contributed by atoms with E-state index in [1.807, 2.05) is 0 Å². The number of benzene rings is 1. The lowest BCUT2D eigenvalue weighted by molar-refractivity contribution is -0.137. The summed E-state index contributed by atoms with van der Waals surface area (Å²) in [6, 6.07) is 5.08. The number of rotatable bonds is 5. The van der Waals surface area contributed by atoms with E-state index in [1.54, 1.807) is 6.07 Å². The minimum atomic E-state index is -3.73. The highest BCUT2D eigenvalue weighted by molar-refractivity contribution is 7.89. The van der Waals surface area contributed by atoms with Gasteiger partial charge in [-0.15, -0.1) is 0 Å². The van der Waals surface area contributed by atoms with E-state index in [0.717, 1.165) is 0 Å². The highest BCUT2D eigenvalue weighted by Gasteiger charge is 2.18. The van der Waals surface area contributed by atoms with E-state index in [2.05, 4.69) is 4.72 Å². The number of halogens is 1. The van der Waals surface area contributed by atoms with Gasteiger partial charge in [0.2, 0.25) is 10.0 Å². The fourth-order valence-corrected chi connectivity index (χ4v) is 2.81. The van der Waals surface area contributed by atoms with Crippen molar-refractivity contribution in [3.05, 3.63) is 29.3 Å². The Kier molecular flexibility index (Phi) is 4.50. The van der Waals surface area contributed by atoms with Gasteiger partial charge in [0, 0.05) is 11.1 Å². The maximum Gasteiger partial charge on any atom is 0.304 e. The van der Waals surface area contributed by atoms with E-state index in [-0.39, 0.29) is 11.3 Å². The quantitative estimate of drug-likeness (QED) is 0.854. The van der Waals surface area contributed by atoms with E-state index in [4.69, 9.17) is 16.7 Å². The van der Waals surface area contributed by atoms with E-state index in [9.17, 15) is 13.2 Å². The first-order valence-electron chi connectivity index (χ1n) is 4.81. The Bertz CT molecular complexity index is 515. The average Bonchev–Trinajstić information content (AvgIpc) is 2.15. The third-order valence-corrected chi connectivity index (χ3v) is 3.77. The maximum absolute atomic E-state index is 11.8. The molecule has 17 heavy (non-hydrogen) atoms. The van der Waals surface area contributed by atoms with Crippen LogP contribution in [0.3, 0.4) is 0 Å². The molecule has 0 fully saturated rings. The largest absolute Gasteiger partial charge is 0.481 e. The van der Waals surface area contributed by atoms with Crippen LogP contribution in [0, 0.1) is 0 Å². The molecule has 5 nitrogen and oxygen atoms in total. The van der Waals surface area contributed by atoms with Crippen molar-refractivity contribution in [2.75, 3.05) is 0 Å². The summed E-state index contributed by atoms with van der Waals surface area (Å²) in [4.78, 5) is 10.4. The number of carbonyl (C=O) groups is 1. The zero-order chi connectivity index (χ0) is 13.1. The van der Waals surface area contributed by atoms with E-state index < -0.39 is 22.0 Å². The van der Waals surface area contributed by atoms with Crippen molar-refractivity contribution in [1.29, 1.82) is 0 Å². The van der Waals surface area contributed by atoms with Crippen molar-refractivity contribution < 1.29 is 18.3 Å². The molecule has 0 bridgehead atoms. The minimum absolute atomic E-state index is 0.0160. The summed E-state index contributed by atoms with van der Waals surface area (Å²) in [5.41, 5.74) is 0. The molecule has 0 saturated carbocycles. The Morgan fingerprint density at radius 3 is 2.71 bits per heavy atom. The summed E-state index contributed by atoms with van der Waals surface area (Å²) in [5, 5.41) is 8.84. The van der Waals surface area contributed by atoms with Crippen molar-refractivity contribution in [3.63, 3.8) is 0 Å². The second kappa shape index (κ2) is 5.48. The SMILES string of the molecule is CC(CC(=O)O)NS(=O)(=O)c1cccc(Cl)c1. The van der Waals surface area contributed by atoms with Gasteiger partial charge < -0.3 is 5.11 Å². The van der Waals surface area contributed by atoms with Crippen LogP contribution >= 0.6 is 11.6 Å². The molecule has 0 aliphatic heterocycles. The van der Waals surface area contributed by atoms with Crippen LogP contribution in [0.2, 0.25) is 5.02 Å². The van der Waals surface area contributed by atoms with Gasteiger partial charge in [-0.25, -0.2) is 13.1 Å². The molecule has 0 aromatic heterocycles. The predicted octanol–water partition coefficient (Wildman–Crippen LogP) is 1.48. The number of hydrogen-bond donors (Lipinski definition) is 2. The summed E-state index contributed by atoms with van der Waals surface area (Å²) in [6.07, 6.45) is -0.278. The molecular formula is C10H12ClNO4S. The van der Waals surface area contributed by atoms with Crippen molar-refractivity contribution in [1.82, 2.24) is 4.72 Å². The van der Waals surface area contributed by atoms with Gasteiger partial charge in [-0.05, 0) is 25.1 Å². The molecule has 0 aliphatic carbocycles. The van der Waals surface area contributed by atoms with Crippen molar-refractivity contribution in [2.24, 2.45) is 0 Å². The third kappa shape index (κ3) is 4.33. The zero-order valence-electron chi connectivity index (χ0n) is 9.05. The summed E-state index contributed by atoms with van der Waals surface area (Å²) in [7, 11) is -3.73. The van der Waals surface area contributed by atoms with Crippen LogP contribution in [0.4, 0.5) is 0 Å². The Labute approximate surface area is 104 Å². The highest BCUT2D eigenvalue weighted by atomic mass is 35.5. The predicted molar refractivity (Wildman–Crippen MR) is 63.5 cm³/mol. The van der Waals surface area contributed by atoms with Gasteiger partial charge in [0.25, 0.3) is 0 Å². The maximum atomic E-state index is 11.8. The average molecular weight is 278 g/mol. The second-order valence-corrected chi connectivity index (χ2v) is 5.73. The number of carboxylic acid groups (broad SMARTS) is 1. The molecule has 0 saturated heterocycles. The van der Waals surface area contributed by atoms with Crippen LogP contribution in [-0.2, 0) is 14.8 Å². The first kappa shape index (κ1) is 14.0. The summed E-state index contributed by atoms with van der Waals surface area (Å²) in [6.45, 7) is 1.48. The summed E-state index contributed by atoms with van der Waals surface area (Å²) in [5.74, 6) is -1.06. The van der Waals surface area contributed by atoms with Gasteiger partial charge in [0.15, 0.2) is 0 Å². The molecule has 2 N–H and O–H groups in total. The van der Waals surface area contributed by atoms with Crippen LogP contribution < -0.4 is 4.72 Å². The lowest BCUT2D eigenvalue weighted by Crippen LogP contribution is -2.34. The van der Waals surface area contributed by atoms with Crippen LogP contribution in [-0.4, -0.2) is 25.5 Å². The number of carboxylic acids is 1. The number of hydrogen-bond acceptors (Lipinski definition) is 3. The van der Waals surface area contributed by atoms with Crippen molar-refractivity contribution >= 4 is 27.6 Å². The first-order chi connectivity index (χ1) is 7.81. The van der Waals surface area contributed by atoms with Crippen LogP contribution in [0.1, 0.15) is 13.3 Å². The molecule has 1 unspecified atom stereocenters. The summed E-state index contributed by atoms with van der Waals surface area (Å²) < 4.78 is 25.9. The smallest absolute Gasteiger partial charge is 0.304 e. The van der Waals surface area contributed by atoms with Gasteiger partial charge in [0.1, 0.15) is 0 Å². The van der Waals surface area contributed by atoms with Gasteiger partial charge in [0.05, 0.1) is 11.3 Å². The molecule has 94 valence electrons. The molecular weight excluding hydrogens is 266 g/mol. The Hall–Kier alpha value is -1.11. The van der Waals surface area contributed by atoms with Crippen LogP contribution in [0.15, 0.2) is 29.2 Å². The molecule has 1 atom stereocenters. The molecule has 1 rings (SSSR count). The molecule has 0 spiro atoms. The van der Waals surface area contributed by atoms with Crippen molar-refractivity contribution in [2.45, 2.75) is 24.3 Å². The monoisotopic (exact) mass is 277 g/mol. The Morgan fingerprint density at radius 2 is 2.18 bits per heavy atom. The van der Waals surface area contributed by atoms with Crippen LogP contribution in [0.5, 0.6) is 0 Å². The third-order valence-electron chi connectivity index (χ3n) is 1.94. The summed E-state index contributed by atoms with van der Waals surface area (Å²) >= 11 is 5.69. The fourth-order valence-electron chi connectivity index (χ4n) is 1.27. The topological polar surface area (TPSA) is 83.5 Å². The lowest BCUT2D eigenvalue weighted by Gasteiger charge is -2.12. The Balaban J connectivity index is 2.86. The Morgan fingerprint density at radius 1 is 1.53 bits per heavy atom. The zero-order valence-corrected chi connectivity index (χ0v) is 10.6. The van der Waals surface area contributed by atoms with E-state index in [0.29, 0.717) is 5.02 Å². The lowest BCUT2D eigenvalue weighted by atomic mass is 10.3. The molecule has 0 heterocycles. The first-order valence-corrected chi connectivity index (χ1v) is 6.67. The fraction of sp³-hybridized carbons (Fsp3) is 0.300. The number of aliphatic carboxylic acids is 1. The molecule has 0 radical (unpaired) electrons. The van der Waals surface area contributed by atoms with Gasteiger partial charge in [-0.2, -0.15) is 0 Å². The molecule has 7 heteroatoms. The molecule has 1 aromatic carbocycles. The van der Waals surface area contributed by atoms with Crippen molar-refractivity contribution in [3.8, 4) is 0 Å². The standard InChI is InChI=1S/C10H12ClNO4S/c1-7(5-10(13)14)12-17(15,16)9-4-2-3-8(11)6-9/h2-4,6-7,12H,5H2,1H3,(H,13,14). The van der Waals surface area contributed by atoms with Gasteiger partial charge in [-0.1, -0.05) is 17.7 Å². The van der Waals surface area contributed by atoms with Gasteiger partial charge in [-0.3, -0.25) is 4.79 Å². The van der Waals surface area contributed by atoms with E-state index in [1.165, 1.54) is 25.1 Å². The van der Waals surface area contributed by atoms with Crippen LogP contribution in [0.25, 0.3) is 0 Å². The molecule has 0 amide bonds. The second-order valence-electron chi connectivity index (χ2n) is 3.58. The van der Waals surface area contributed by atoms with E-state index >= 15 is 0 Å². The van der Waals surface area contributed by atoms with Gasteiger partial charge >= 0.3 is 5.97 Å². The highest BCUT2D eigenvalue weighted by Crippen LogP contribution is 2.15. The normalized spacial score (nSPS) is 13.3.